The largest absolute Gasteiger partial charge is 0.372 e. The topological polar surface area (TPSA) is 64.3 Å². The lowest BCUT2D eigenvalue weighted by Crippen LogP contribution is -2.30. The Kier molecular flexibility index (Phi) is 4.33. The molecule has 1 atom stereocenters. The molecule has 1 aromatic rings. The molecule has 0 radical (unpaired) electrons. The maximum absolute atomic E-state index is 11.9. The highest BCUT2D eigenvalue weighted by molar-refractivity contribution is 5.94. The van der Waals surface area contributed by atoms with E-state index >= 15 is 0 Å². The van der Waals surface area contributed by atoms with Crippen molar-refractivity contribution < 1.29 is 9.53 Å². The Balaban J connectivity index is 1.89. The van der Waals surface area contributed by atoms with E-state index in [1.807, 2.05) is 25.1 Å². The van der Waals surface area contributed by atoms with Crippen LogP contribution in [0.1, 0.15) is 41.3 Å². The van der Waals surface area contributed by atoms with Gasteiger partial charge in [0.2, 0.25) is 0 Å². The maximum atomic E-state index is 11.9. The average Bonchev–Trinajstić information content (AvgIpc) is 2.85. The van der Waals surface area contributed by atoms with E-state index < -0.39 is 0 Å². The fraction of sp³-hybridized carbons (Fsp3) is 0.500. The second-order valence-corrected chi connectivity index (χ2v) is 4.69. The molecule has 4 heteroatoms. The van der Waals surface area contributed by atoms with Gasteiger partial charge in [0.15, 0.2) is 0 Å². The van der Waals surface area contributed by atoms with Crippen molar-refractivity contribution in [2.75, 3.05) is 6.54 Å². The summed E-state index contributed by atoms with van der Waals surface area (Å²) in [5.74, 6) is -0.0343. The van der Waals surface area contributed by atoms with Crippen molar-refractivity contribution in [1.82, 2.24) is 5.32 Å². The van der Waals surface area contributed by atoms with E-state index in [9.17, 15) is 4.79 Å². The van der Waals surface area contributed by atoms with E-state index in [1.54, 1.807) is 0 Å². The predicted molar refractivity (Wildman–Crippen MR) is 70.2 cm³/mol. The number of amides is 1. The minimum atomic E-state index is -0.0343. The molecule has 0 fully saturated rings. The Labute approximate surface area is 108 Å². The van der Waals surface area contributed by atoms with Gasteiger partial charge in [-0.15, -0.1) is 0 Å². The molecule has 0 saturated carbocycles. The van der Waals surface area contributed by atoms with Gasteiger partial charge < -0.3 is 15.8 Å². The standard InChI is InChI=1S/C14H20N2O2/c1-2-13(15)5-6-16-14(17)10-3-4-11-8-18-9-12(11)7-10/h3-4,7,13H,2,5-6,8-9,15H2,1H3,(H,16,17). The van der Waals surface area contributed by atoms with Gasteiger partial charge in [-0.2, -0.15) is 0 Å². The van der Waals surface area contributed by atoms with Gasteiger partial charge in [0, 0.05) is 18.2 Å². The third kappa shape index (κ3) is 3.09. The number of nitrogens with one attached hydrogen (secondary N) is 1. The summed E-state index contributed by atoms with van der Waals surface area (Å²) in [7, 11) is 0. The van der Waals surface area contributed by atoms with Gasteiger partial charge in [-0.05, 0) is 36.1 Å². The van der Waals surface area contributed by atoms with Crippen LogP contribution in [-0.2, 0) is 18.0 Å². The highest BCUT2D eigenvalue weighted by Gasteiger charge is 2.14. The fourth-order valence-corrected chi connectivity index (χ4v) is 1.99. The number of fused-ring (bicyclic) bond motifs is 1. The molecular formula is C14H20N2O2. The molecule has 0 aliphatic carbocycles. The van der Waals surface area contributed by atoms with Crippen molar-refractivity contribution in [3.63, 3.8) is 0 Å². The van der Waals surface area contributed by atoms with E-state index in [4.69, 9.17) is 10.5 Å². The molecule has 1 aliphatic heterocycles. The van der Waals surface area contributed by atoms with Gasteiger partial charge >= 0.3 is 0 Å². The summed E-state index contributed by atoms with van der Waals surface area (Å²) in [5, 5.41) is 2.90. The van der Waals surface area contributed by atoms with Crippen LogP contribution in [0.5, 0.6) is 0 Å². The summed E-state index contributed by atoms with van der Waals surface area (Å²) >= 11 is 0. The van der Waals surface area contributed by atoms with E-state index in [1.165, 1.54) is 5.56 Å². The van der Waals surface area contributed by atoms with Crippen LogP contribution < -0.4 is 11.1 Å². The summed E-state index contributed by atoms with van der Waals surface area (Å²) in [6.45, 7) is 3.94. The summed E-state index contributed by atoms with van der Waals surface area (Å²) in [4.78, 5) is 11.9. The van der Waals surface area contributed by atoms with Crippen molar-refractivity contribution in [1.29, 1.82) is 0 Å². The monoisotopic (exact) mass is 248 g/mol. The first-order valence-corrected chi connectivity index (χ1v) is 6.44. The van der Waals surface area contributed by atoms with Crippen LogP contribution in [0, 0.1) is 0 Å². The predicted octanol–water partition coefficient (Wildman–Crippen LogP) is 1.57. The Morgan fingerprint density at radius 2 is 2.22 bits per heavy atom. The smallest absolute Gasteiger partial charge is 0.251 e. The highest BCUT2D eigenvalue weighted by Crippen LogP contribution is 2.20. The molecule has 0 spiro atoms. The Hall–Kier alpha value is -1.39. The molecule has 3 N–H and O–H groups in total. The molecule has 1 heterocycles. The Bertz CT molecular complexity index is 432. The average molecular weight is 248 g/mol. The number of hydrogen-bond donors (Lipinski definition) is 2. The minimum absolute atomic E-state index is 0.0343. The highest BCUT2D eigenvalue weighted by atomic mass is 16.5. The second-order valence-electron chi connectivity index (χ2n) is 4.69. The van der Waals surface area contributed by atoms with Crippen LogP contribution in [-0.4, -0.2) is 18.5 Å². The van der Waals surface area contributed by atoms with Crippen molar-refractivity contribution in [2.24, 2.45) is 5.73 Å². The fourth-order valence-electron chi connectivity index (χ4n) is 1.99. The molecule has 1 aromatic carbocycles. The lowest BCUT2D eigenvalue weighted by atomic mass is 10.1. The number of ether oxygens (including phenoxy) is 1. The number of benzene rings is 1. The van der Waals surface area contributed by atoms with Gasteiger partial charge in [-0.25, -0.2) is 0 Å². The summed E-state index contributed by atoms with van der Waals surface area (Å²) < 4.78 is 5.33. The second kappa shape index (κ2) is 5.98. The van der Waals surface area contributed by atoms with E-state index in [2.05, 4.69) is 5.32 Å². The molecule has 1 amide bonds. The van der Waals surface area contributed by atoms with Gasteiger partial charge in [0.1, 0.15) is 0 Å². The zero-order valence-electron chi connectivity index (χ0n) is 10.7. The first-order valence-electron chi connectivity index (χ1n) is 6.44. The summed E-state index contributed by atoms with van der Waals surface area (Å²) in [6.07, 6.45) is 1.75. The molecule has 1 unspecified atom stereocenters. The molecule has 4 nitrogen and oxygen atoms in total. The van der Waals surface area contributed by atoms with Crippen LogP contribution in [0.3, 0.4) is 0 Å². The third-order valence-electron chi connectivity index (χ3n) is 3.31. The minimum Gasteiger partial charge on any atom is -0.372 e. The normalized spacial score (nSPS) is 15.2. The molecule has 1 aliphatic rings. The molecule has 0 aromatic heterocycles. The Morgan fingerprint density at radius 1 is 1.44 bits per heavy atom. The summed E-state index contributed by atoms with van der Waals surface area (Å²) in [5.41, 5.74) is 8.80. The molecule has 0 saturated heterocycles. The van der Waals surface area contributed by atoms with Crippen molar-refractivity contribution in [3.8, 4) is 0 Å². The van der Waals surface area contributed by atoms with Crippen molar-refractivity contribution >= 4 is 5.91 Å². The molecule has 2 rings (SSSR count). The number of nitrogens with two attached hydrogens (primary N) is 1. The van der Waals surface area contributed by atoms with E-state index in [-0.39, 0.29) is 11.9 Å². The van der Waals surface area contributed by atoms with E-state index in [0.717, 1.165) is 18.4 Å². The number of hydrogen-bond acceptors (Lipinski definition) is 3. The molecule has 18 heavy (non-hydrogen) atoms. The number of rotatable bonds is 5. The molecule has 98 valence electrons. The zero-order valence-corrected chi connectivity index (χ0v) is 10.7. The quantitative estimate of drug-likeness (QED) is 0.831. The lowest BCUT2D eigenvalue weighted by molar-refractivity contribution is 0.0952. The lowest BCUT2D eigenvalue weighted by Gasteiger charge is -2.10. The number of carbonyl (C=O) groups is 1. The van der Waals surface area contributed by atoms with Crippen LogP contribution >= 0.6 is 0 Å². The summed E-state index contributed by atoms with van der Waals surface area (Å²) in [6, 6.07) is 5.90. The van der Waals surface area contributed by atoms with Crippen LogP contribution in [0.15, 0.2) is 18.2 Å². The van der Waals surface area contributed by atoms with E-state index in [0.29, 0.717) is 25.3 Å². The van der Waals surface area contributed by atoms with Gasteiger partial charge in [0.25, 0.3) is 5.91 Å². The molecule has 0 bridgehead atoms. The Morgan fingerprint density at radius 3 is 3.00 bits per heavy atom. The zero-order chi connectivity index (χ0) is 13.0. The first kappa shape index (κ1) is 13.1. The van der Waals surface area contributed by atoms with Crippen LogP contribution in [0.2, 0.25) is 0 Å². The van der Waals surface area contributed by atoms with Crippen LogP contribution in [0.25, 0.3) is 0 Å². The maximum Gasteiger partial charge on any atom is 0.251 e. The SMILES string of the molecule is CCC(N)CCNC(=O)c1ccc2c(c1)COC2. The first-order chi connectivity index (χ1) is 8.70. The van der Waals surface area contributed by atoms with Crippen molar-refractivity contribution in [3.05, 3.63) is 34.9 Å². The van der Waals surface area contributed by atoms with Gasteiger partial charge in [-0.3, -0.25) is 4.79 Å². The van der Waals surface area contributed by atoms with Gasteiger partial charge in [0.05, 0.1) is 13.2 Å². The number of carbonyl (C=O) groups excluding carboxylic acids is 1. The molecular weight excluding hydrogens is 228 g/mol. The van der Waals surface area contributed by atoms with Crippen LogP contribution in [0.4, 0.5) is 0 Å². The van der Waals surface area contributed by atoms with Gasteiger partial charge in [-0.1, -0.05) is 13.0 Å². The third-order valence-corrected chi connectivity index (χ3v) is 3.31. The van der Waals surface area contributed by atoms with Crippen molar-refractivity contribution in [2.45, 2.75) is 39.0 Å².